The lowest BCUT2D eigenvalue weighted by atomic mass is 9.87. The molecule has 3 heterocycles. The fourth-order valence-corrected chi connectivity index (χ4v) is 5.42. The van der Waals surface area contributed by atoms with Crippen molar-refractivity contribution in [2.45, 2.75) is 38.1 Å². The Balaban J connectivity index is 1.27. The van der Waals surface area contributed by atoms with Gasteiger partial charge in [0.25, 0.3) is 0 Å². The van der Waals surface area contributed by atoms with Crippen LogP contribution in [0.15, 0.2) is 72.6 Å². The second kappa shape index (κ2) is 10.7. The summed E-state index contributed by atoms with van der Waals surface area (Å²) in [7, 11) is 0. The molecule has 1 aromatic carbocycles. The number of rotatable bonds is 9. The number of allylic oxidation sites excluding steroid dienone is 1. The van der Waals surface area contributed by atoms with Gasteiger partial charge in [0.15, 0.2) is 0 Å². The zero-order valence-electron chi connectivity index (χ0n) is 20.2. The Morgan fingerprint density at radius 1 is 1.17 bits per heavy atom. The quantitative estimate of drug-likeness (QED) is 0.430. The Labute approximate surface area is 211 Å². The molecule has 5 rings (SSSR count). The average molecular weight is 488 g/mol. The van der Waals surface area contributed by atoms with Crippen molar-refractivity contribution in [3.63, 3.8) is 0 Å². The Hall–Kier alpha value is -3.00. The summed E-state index contributed by atoms with van der Waals surface area (Å²) in [6, 6.07) is 14.0. The number of nitrogens with one attached hydrogen (secondary N) is 1. The molecule has 1 aliphatic heterocycles. The van der Waals surface area contributed by atoms with E-state index in [-0.39, 0.29) is 0 Å². The molecule has 1 unspecified atom stereocenters. The van der Waals surface area contributed by atoms with E-state index in [0.717, 1.165) is 58.0 Å². The third-order valence-electron chi connectivity index (χ3n) is 6.58. The van der Waals surface area contributed by atoms with E-state index < -0.39 is 5.54 Å². The number of aryl methyl sites for hydroxylation is 1. The number of ether oxygens (including phenoxy) is 1. The summed E-state index contributed by atoms with van der Waals surface area (Å²) in [6.07, 6.45) is 12.3. The number of likely N-dealkylation sites (tertiary alicyclic amines) is 1. The van der Waals surface area contributed by atoms with Gasteiger partial charge < -0.3 is 20.7 Å². The van der Waals surface area contributed by atoms with E-state index in [9.17, 15) is 0 Å². The Kier molecular flexibility index (Phi) is 7.27. The van der Waals surface area contributed by atoms with Crippen LogP contribution in [0, 0.1) is 0 Å². The molecule has 1 saturated heterocycles. The van der Waals surface area contributed by atoms with Crippen LogP contribution in [-0.2, 0) is 12.0 Å². The minimum Gasteiger partial charge on any atom is -0.444 e. The summed E-state index contributed by atoms with van der Waals surface area (Å²) < 4.78 is 6.35. The normalized spacial score (nSPS) is 20.1. The summed E-state index contributed by atoms with van der Waals surface area (Å²) in [5.41, 5.74) is 9.96. The molecule has 0 radical (unpaired) electrons. The van der Waals surface area contributed by atoms with E-state index in [4.69, 9.17) is 15.5 Å². The van der Waals surface area contributed by atoms with Gasteiger partial charge >= 0.3 is 0 Å². The largest absolute Gasteiger partial charge is 0.444 e. The molecule has 1 fully saturated rings. The summed E-state index contributed by atoms with van der Waals surface area (Å²) in [5, 5.41) is 5.38. The maximum Gasteiger partial charge on any atom is 0.208 e. The average Bonchev–Trinajstić information content (AvgIpc) is 3.56. The number of aromatic nitrogens is 2. The van der Waals surface area contributed by atoms with Crippen LogP contribution in [0.3, 0.4) is 0 Å². The molecule has 1 aliphatic carbocycles. The Morgan fingerprint density at radius 2 is 2.00 bits per heavy atom. The fraction of sp³-hybridized carbons (Fsp3) is 0.357. The van der Waals surface area contributed by atoms with Crippen LogP contribution in [0.1, 0.15) is 36.9 Å². The smallest absolute Gasteiger partial charge is 0.208 e. The van der Waals surface area contributed by atoms with Crippen molar-refractivity contribution in [2.75, 3.05) is 26.2 Å². The molecule has 3 N–H and O–H groups in total. The highest BCUT2D eigenvalue weighted by Gasteiger charge is 2.28. The first-order valence-electron chi connectivity index (χ1n) is 12.5. The number of hydrogen-bond donors (Lipinski definition) is 2. The predicted octanol–water partition coefficient (Wildman–Crippen LogP) is 5.24. The zero-order valence-corrected chi connectivity index (χ0v) is 21.1. The van der Waals surface area contributed by atoms with Crippen molar-refractivity contribution in [1.29, 1.82) is 0 Å². The van der Waals surface area contributed by atoms with Crippen LogP contribution < -0.4 is 15.8 Å². The molecule has 0 saturated carbocycles. The molecule has 0 spiro atoms. The van der Waals surface area contributed by atoms with Gasteiger partial charge in [-0.05, 0) is 50.9 Å². The topological polar surface area (TPSA) is 76.3 Å². The number of benzene rings is 1. The van der Waals surface area contributed by atoms with E-state index in [1.807, 2.05) is 30.3 Å². The van der Waals surface area contributed by atoms with Crippen molar-refractivity contribution >= 4 is 11.3 Å². The lowest BCUT2D eigenvalue weighted by Crippen LogP contribution is -2.37. The van der Waals surface area contributed by atoms with Crippen molar-refractivity contribution in [1.82, 2.24) is 20.2 Å². The maximum absolute atomic E-state index is 6.78. The standard InChI is InChI=1S/C28H33N5OS/c1-2-25-32-26(21-8-4-3-5-9-21)27(35-25)34-23-12-15-31-24(20-23)28(29)13-10-22(11-14-28)30-16-19-33-17-6-7-18-33/h3-5,8-13,15,20,30H,2,6-7,14,16-19,29H2,1H3. The van der Waals surface area contributed by atoms with Crippen LogP contribution >= 0.6 is 11.3 Å². The first-order chi connectivity index (χ1) is 17.1. The van der Waals surface area contributed by atoms with E-state index in [1.165, 1.54) is 25.9 Å². The number of thiazole rings is 1. The van der Waals surface area contributed by atoms with Crippen LogP contribution in [0.2, 0.25) is 0 Å². The Morgan fingerprint density at radius 3 is 2.74 bits per heavy atom. The van der Waals surface area contributed by atoms with E-state index >= 15 is 0 Å². The molecule has 2 aromatic heterocycles. The van der Waals surface area contributed by atoms with Crippen LogP contribution in [0.4, 0.5) is 0 Å². The fourth-order valence-electron chi connectivity index (χ4n) is 4.52. The predicted molar refractivity (Wildman–Crippen MR) is 143 cm³/mol. The lowest BCUT2D eigenvalue weighted by Gasteiger charge is -2.28. The van der Waals surface area contributed by atoms with Gasteiger partial charge in [-0.25, -0.2) is 4.98 Å². The molecular formula is C28H33N5OS. The van der Waals surface area contributed by atoms with Gasteiger partial charge in [-0.2, -0.15) is 0 Å². The van der Waals surface area contributed by atoms with Crippen LogP contribution in [-0.4, -0.2) is 41.0 Å². The van der Waals surface area contributed by atoms with Crippen molar-refractivity contribution in [3.8, 4) is 22.1 Å². The van der Waals surface area contributed by atoms with Gasteiger partial charge in [-0.15, -0.1) is 0 Å². The second-order valence-corrected chi connectivity index (χ2v) is 10.2. The van der Waals surface area contributed by atoms with Gasteiger partial charge in [0, 0.05) is 36.6 Å². The molecule has 182 valence electrons. The van der Waals surface area contributed by atoms with Crippen LogP contribution in [0.25, 0.3) is 11.3 Å². The number of hydrogen-bond acceptors (Lipinski definition) is 7. The van der Waals surface area contributed by atoms with Crippen molar-refractivity contribution in [2.24, 2.45) is 5.73 Å². The molecule has 0 bridgehead atoms. The first kappa shape index (κ1) is 23.7. The summed E-state index contributed by atoms with van der Waals surface area (Å²) >= 11 is 1.59. The molecule has 0 amide bonds. The van der Waals surface area contributed by atoms with Gasteiger partial charge in [0.05, 0.1) is 16.2 Å². The third-order valence-corrected chi connectivity index (χ3v) is 7.66. The molecule has 1 atom stereocenters. The summed E-state index contributed by atoms with van der Waals surface area (Å²) in [5.74, 6) is 0.718. The highest BCUT2D eigenvalue weighted by atomic mass is 32.1. The molecule has 3 aromatic rings. The molecule has 35 heavy (non-hydrogen) atoms. The Bertz CT molecular complexity index is 1200. The van der Waals surface area contributed by atoms with Crippen LogP contribution in [0.5, 0.6) is 10.8 Å². The minimum atomic E-state index is -0.663. The zero-order chi connectivity index (χ0) is 24.1. The molecule has 6 nitrogen and oxygen atoms in total. The molecular weight excluding hydrogens is 454 g/mol. The molecule has 7 heteroatoms. The minimum absolute atomic E-state index is 0.663. The molecule has 2 aliphatic rings. The highest BCUT2D eigenvalue weighted by Crippen LogP contribution is 2.39. The van der Waals surface area contributed by atoms with Gasteiger partial charge in [-0.3, -0.25) is 4.98 Å². The van der Waals surface area contributed by atoms with E-state index in [0.29, 0.717) is 6.42 Å². The highest BCUT2D eigenvalue weighted by molar-refractivity contribution is 7.14. The number of nitrogens with zero attached hydrogens (tertiary/aromatic N) is 3. The number of pyridine rings is 1. The third kappa shape index (κ3) is 5.64. The van der Waals surface area contributed by atoms with Crippen molar-refractivity contribution in [3.05, 3.63) is 83.3 Å². The van der Waals surface area contributed by atoms with E-state index in [2.05, 4.69) is 52.5 Å². The lowest BCUT2D eigenvalue weighted by molar-refractivity contribution is 0.341. The summed E-state index contributed by atoms with van der Waals surface area (Å²) in [4.78, 5) is 11.9. The summed E-state index contributed by atoms with van der Waals surface area (Å²) in [6.45, 7) is 6.59. The monoisotopic (exact) mass is 487 g/mol. The van der Waals surface area contributed by atoms with E-state index in [1.54, 1.807) is 17.5 Å². The van der Waals surface area contributed by atoms with Crippen molar-refractivity contribution < 1.29 is 4.74 Å². The van der Waals surface area contributed by atoms with Gasteiger partial charge in [-0.1, -0.05) is 60.7 Å². The number of nitrogens with two attached hydrogens (primary N) is 1. The van der Waals surface area contributed by atoms with Gasteiger partial charge in [0.2, 0.25) is 5.06 Å². The SMILES string of the molecule is CCc1nc(-c2ccccc2)c(Oc2ccnc(C3(N)C=CC(NCCN4CCCC4)=CC3)c2)s1. The first-order valence-corrected chi connectivity index (χ1v) is 13.3. The maximum atomic E-state index is 6.78. The second-order valence-electron chi connectivity index (χ2n) is 9.15. The van der Waals surface area contributed by atoms with Gasteiger partial charge in [0.1, 0.15) is 11.4 Å².